The number of ketones is 1. The molecule has 3 aromatic rings. The second kappa shape index (κ2) is 8.07. The van der Waals surface area contributed by atoms with Crippen molar-refractivity contribution >= 4 is 28.8 Å². The van der Waals surface area contributed by atoms with E-state index >= 15 is 0 Å². The number of carbonyl (C=O) groups is 2. The number of amides is 1. The Morgan fingerprint density at radius 3 is 2.31 bits per heavy atom. The van der Waals surface area contributed by atoms with Gasteiger partial charge in [-0.25, -0.2) is 4.39 Å². The molecular weight excluding hydrogens is 415 g/mol. The second-order valence-corrected chi connectivity index (χ2v) is 7.36. The number of hydrogen-bond acceptors (Lipinski definition) is 5. The van der Waals surface area contributed by atoms with Crippen molar-refractivity contribution in [3.63, 3.8) is 0 Å². The van der Waals surface area contributed by atoms with Crippen LogP contribution in [-0.2, 0) is 9.59 Å². The van der Waals surface area contributed by atoms with Crippen LogP contribution in [0.2, 0.25) is 0 Å². The summed E-state index contributed by atoms with van der Waals surface area (Å²) in [6.07, 6.45) is 0. The zero-order valence-electron chi connectivity index (χ0n) is 16.9. The fraction of sp³-hybridized carbons (Fsp3) is 0.0833. The molecule has 1 heterocycles. The molecule has 3 aromatic carbocycles. The average molecular weight is 432 g/mol. The predicted octanol–water partition coefficient (Wildman–Crippen LogP) is 4.67. The summed E-state index contributed by atoms with van der Waals surface area (Å²) in [6, 6.07) is 16.0. The number of Topliss-reactive ketones (excluding diaryl/α,β-unsaturated/α-hetero) is 1. The third kappa shape index (κ3) is 3.62. The van der Waals surface area contributed by atoms with Crippen molar-refractivity contribution in [2.24, 2.45) is 0 Å². The van der Waals surface area contributed by atoms with Gasteiger partial charge < -0.3 is 5.11 Å². The first-order valence-electron chi connectivity index (χ1n) is 9.66. The van der Waals surface area contributed by atoms with Crippen LogP contribution >= 0.6 is 0 Å². The van der Waals surface area contributed by atoms with Crippen LogP contribution in [-0.4, -0.2) is 21.7 Å². The maximum Gasteiger partial charge on any atom is 0.300 e. The van der Waals surface area contributed by atoms with Crippen LogP contribution < -0.4 is 4.90 Å². The van der Waals surface area contributed by atoms with E-state index in [1.807, 2.05) is 6.92 Å². The van der Waals surface area contributed by atoms with E-state index in [4.69, 9.17) is 0 Å². The van der Waals surface area contributed by atoms with E-state index in [0.717, 1.165) is 22.6 Å². The summed E-state index contributed by atoms with van der Waals surface area (Å²) >= 11 is 0. The highest BCUT2D eigenvalue weighted by molar-refractivity contribution is 6.51. The fourth-order valence-corrected chi connectivity index (χ4v) is 3.69. The van der Waals surface area contributed by atoms with Crippen molar-refractivity contribution in [3.05, 3.63) is 111 Å². The van der Waals surface area contributed by atoms with Crippen LogP contribution in [0.5, 0.6) is 0 Å². The lowest BCUT2D eigenvalue weighted by atomic mass is 9.94. The highest BCUT2D eigenvalue weighted by atomic mass is 19.1. The van der Waals surface area contributed by atoms with E-state index in [2.05, 4.69) is 0 Å². The van der Waals surface area contributed by atoms with Crippen LogP contribution in [0.25, 0.3) is 5.76 Å². The van der Waals surface area contributed by atoms with Crippen molar-refractivity contribution in [2.45, 2.75) is 13.0 Å². The fourth-order valence-electron chi connectivity index (χ4n) is 3.69. The molecule has 0 bridgehead atoms. The lowest BCUT2D eigenvalue weighted by Crippen LogP contribution is -2.29. The molecule has 7 nitrogen and oxygen atoms in total. The number of non-ortho nitro benzene ring substituents is 1. The third-order valence-electron chi connectivity index (χ3n) is 5.27. The van der Waals surface area contributed by atoms with Gasteiger partial charge in [0.15, 0.2) is 0 Å². The largest absolute Gasteiger partial charge is 0.507 e. The average Bonchev–Trinajstić information content (AvgIpc) is 3.05. The number of aryl methyl sites for hydroxylation is 1. The summed E-state index contributed by atoms with van der Waals surface area (Å²) in [6.45, 7) is 1.86. The Bertz CT molecular complexity index is 1270. The first-order chi connectivity index (χ1) is 15.3. The summed E-state index contributed by atoms with van der Waals surface area (Å²) in [5.41, 5.74) is 1.29. The van der Waals surface area contributed by atoms with Gasteiger partial charge in [0.05, 0.1) is 16.5 Å². The number of rotatable bonds is 4. The Balaban J connectivity index is 1.96. The number of anilines is 1. The predicted molar refractivity (Wildman–Crippen MR) is 115 cm³/mol. The molecule has 0 spiro atoms. The molecule has 1 aliphatic rings. The Morgan fingerprint density at radius 1 is 1.03 bits per heavy atom. The Labute approximate surface area is 182 Å². The molecule has 1 N–H and O–H groups in total. The van der Waals surface area contributed by atoms with Crippen molar-refractivity contribution in [2.75, 3.05) is 4.90 Å². The number of hydrogen-bond donors (Lipinski definition) is 1. The van der Waals surface area contributed by atoms with Gasteiger partial charge in [0, 0.05) is 23.4 Å². The van der Waals surface area contributed by atoms with E-state index in [1.165, 1.54) is 36.4 Å². The van der Waals surface area contributed by atoms with Gasteiger partial charge in [-0.15, -0.1) is 0 Å². The van der Waals surface area contributed by atoms with E-state index in [1.54, 1.807) is 24.3 Å². The summed E-state index contributed by atoms with van der Waals surface area (Å²) < 4.78 is 13.5. The van der Waals surface area contributed by atoms with Gasteiger partial charge in [0.2, 0.25) is 0 Å². The second-order valence-electron chi connectivity index (χ2n) is 7.36. The molecule has 0 radical (unpaired) electrons. The molecule has 0 aromatic heterocycles. The van der Waals surface area contributed by atoms with Crippen LogP contribution in [0.4, 0.5) is 15.8 Å². The monoisotopic (exact) mass is 432 g/mol. The quantitative estimate of drug-likeness (QED) is 0.212. The van der Waals surface area contributed by atoms with Gasteiger partial charge in [-0.2, -0.15) is 0 Å². The van der Waals surface area contributed by atoms with Crippen LogP contribution in [0.1, 0.15) is 22.7 Å². The SMILES string of the molecule is Cc1ccc(/C(O)=C2\C(=O)C(=O)N(c3ccc(F)cc3)[C@@H]2c2cccc([N+](=O)[O-])c2)cc1. The molecule has 4 rings (SSSR count). The minimum Gasteiger partial charge on any atom is -0.507 e. The summed E-state index contributed by atoms with van der Waals surface area (Å²) in [5.74, 6) is -2.80. The molecule has 1 saturated heterocycles. The molecule has 32 heavy (non-hydrogen) atoms. The first kappa shape index (κ1) is 20.9. The minimum atomic E-state index is -1.14. The number of benzene rings is 3. The normalized spacial score (nSPS) is 17.6. The molecule has 1 atom stereocenters. The molecule has 1 fully saturated rings. The van der Waals surface area contributed by atoms with Crippen LogP contribution in [0.15, 0.2) is 78.4 Å². The van der Waals surface area contributed by atoms with E-state index in [9.17, 15) is 29.2 Å². The molecule has 8 heteroatoms. The molecule has 1 aliphatic heterocycles. The number of halogens is 1. The molecular formula is C24H17FN2O5. The highest BCUT2D eigenvalue weighted by Crippen LogP contribution is 2.42. The Kier molecular flexibility index (Phi) is 5.28. The highest BCUT2D eigenvalue weighted by Gasteiger charge is 2.47. The van der Waals surface area contributed by atoms with Crippen LogP contribution in [0, 0.1) is 22.9 Å². The van der Waals surface area contributed by atoms with Gasteiger partial charge in [-0.05, 0) is 36.8 Å². The Morgan fingerprint density at radius 2 is 1.69 bits per heavy atom. The zero-order valence-corrected chi connectivity index (χ0v) is 16.9. The number of aliphatic hydroxyl groups excluding tert-OH is 1. The van der Waals surface area contributed by atoms with E-state index in [-0.39, 0.29) is 22.5 Å². The van der Waals surface area contributed by atoms with Gasteiger partial charge in [0.25, 0.3) is 17.4 Å². The van der Waals surface area contributed by atoms with Crippen molar-refractivity contribution in [1.82, 2.24) is 0 Å². The molecule has 1 amide bonds. The van der Waals surface area contributed by atoms with Crippen molar-refractivity contribution in [3.8, 4) is 0 Å². The zero-order chi connectivity index (χ0) is 23.0. The van der Waals surface area contributed by atoms with Gasteiger partial charge in [0.1, 0.15) is 11.6 Å². The summed E-state index contributed by atoms with van der Waals surface area (Å²) in [7, 11) is 0. The van der Waals surface area contributed by atoms with Gasteiger partial charge >= 0.3 is 0 Å². The van der Waals surface area contributed by atoms with Crippen LogP contribution in [0.3, 0.4) is 0 Å². The topological polar surface area (TPSA) is 101 Å². The third-order valence-corrected chi connectivity index (χ3v) is 5.27. The Hall–Kier alpha value is -4.33. The van der Waals surface area contributed by atoms with E-state index < -0.39 is 34.2 Å². The molecule has 0 saturated carbocycles. The number of nitro groups is 1. The lowest BCUT2D eigenvalue weighted by molar-refractivity contribution is -0.384. The maximum absolute atomic E-state index is 13.5. The molecule has 0 aliphatic carbocycles. The molecule has 0 unspecified atom stereocenters. The smallest absolute Gasteiger partial charge is 0.300 e. The first-order valence-corrected chi connectivity index (χ1v) is 9.66. The number of nitrogens with zero attached hydrogens (tertiary/aromatic N) is 2. The lowest BCUT2D eigenvalue weighted by Gasteiger charge is -2.25. The van der Waals surface area contributed by atoms with Gasteiger partial charge in [-0.1, -0.05) is 42.0 Å². The number of nitro benzene ring substituents is 1. The van der Waals surface area contributed by atoms with Gasteiger partial charge in [-0.3, -0.25) is 24.6 Å². The molecule has 160 valence electrons. The number of carbonyl (C=O) groups excluding carboxylic acids is 2. The number of aliphatic hydroxyl groups is 1. The maximum atomic E-state index is 13.5. The minimum absolute atomic E-state index is 0.205. The summed E-state index contributed by atoms with van der Waals surface area (Å²) in [5, 5.41) is 22.3. The standard InChI is InChI=1S/C24H17FN2O5/c1-14-5-7-15(8-6-14)22(28)20-21(16-3-2-4-19(13-16)27(31)32)26(24(30)23(20)29)18-11-9-17(25)10-12-18/h2-13,21,28H,1H3/b22-20+/t21-/m1/s1. The summed E-state index contributed by atoms with van der Waals surface area (Å²) in [4.78, 5) is 37.9. The van der Waals surface area contributed by atoms with Crippen molar-refractivity contribution < 1.29 is 24.0 Å². The van der Waals surface area contributed by atoms with E-state index in [0.29, 0.717) is 5.56 Å². The van der Waals surface area contributed by atoms with Crippen molar-refractivity contribution in [1.29, 1.82) is 0 Å².